The number of fused-ring (bicyclic) bond motifs is 1. The monoisotopic (exact) mass is 279 g/mol. The molecule has 0 aliphatic carbocycles. The number of hydrogen-bond acceptors (Lipinski definition) is 5. The van der Waals surface area contributed by atoms with Gasteiger partial charge in [-0.2, -0.15) is 0 Å². The van der Waals surface area contributed by atoms with Gasteiger partial charge in [-0.05, 0) is 32.4 Å². The molecule has 5 nitrogen and oxygen atoms in total. The van der Waals surface area contributed by atoms with Crippen LogP contribution in [0.15, 0.2) is 12.1 Å². The molecule has 0 aromatic heterocycles. The minimum atomic E-state index is 0.231. The van der Waals surface area contributed by atoms with Crippen molar-refractivity contribution in [2.75, 3.05) is 26.5 Å². The van der Waals surface area contributed by atoms with Gasteiger partial charge in [0.15, 0.2) is 11.5 Å². The number of rotatable bonds is 4. The van der Waals surface area contributed by atoms with Crippen molar-refractivity contribution in [3.05, 3.63) is 17.7 Å². The first-order chi connectivity index (χ1) is 9.76. The Balaban J connectivity index is 1.68. The van der Waals surface area contributed by atoms with Crippen molar-refractivity contribution < 1.29 is 19.3 Å². The van der Waals surface area contributed by atoms with E-state index in [1.54, 1.807) is 6.07 Å². The number of ether oxygens (including phenoxy) is 3. The molecule has 0 amide bonds. The summed E-state index contributed by atoms with van der Waals surface area (Å²) in [6.45, 7) is 5.69. The number of benzene rings is 1. The smallest absolute Gasteiger partial charge is 0.231 e. The third-order valence-electron chi connectivity index (χ3n) is 3.83. The first kappa shape index (κ1) is 13.5. The van der Waals surface area contributed by atoms with Crippen LogP contribution >= 0.6 is 0 Å². The third-order valence-corrected chi connectivity index (χ3v) is 3.83. The van der Waals surface area contributed by atoms with E-state index in [1.807, 2.05) is 13.0 Å². The molecule has 1 N–H and O–H groups in total. The minimum absolute atomic E-state index is 0.231. The molecule has 0 saturated carbocycles. The van der Waals surface area contributed by atoms with Crippen LogP contribution in [0.25, 0.3) is 0 Å². The standard InChI is InChI=1S/C15H21NO4/c1-2-18-12-4-3-5-16(9-12)8-11-6-14-15(7-13(11)17)20-10-19-14/h6-7,12,17H,2-5,8-10H2,1H3. The molecule has 1 saturated heterocycles. The molecule has 110 valence electrons. The van der Waals surface area contributed by atoms with E-state index in [0.29, 0.717) is 18.4 Å². The summed E-state index contributed by atoms with van der Waals surface area (Å²) in [5, 5.41) is 10.1. The molecule has 2 aliphatic heterocycles. The molecule has 3 rings (SSSR count). The Bertz CT molecular complexity index is 475. The van der Waals surface area contributed by atoms with E-state index < -0.39 is 0 Å². The highest BCUT2D eigenvalue weighted by Gasteiger charge is 2.23. The molecular weight excluding hydrogens is 258 g/mol. The summed E-state index contributed by atoms with van der Waals surface area (Å²) in [4.78, 5) is 2.32. The lowest BCUT2D eigenvalue weighted by atomic mass is 10.1. The van der Waals surface area contributed by atoms with E-state index in [0.717, 1.165) is 43.9 Å². The predicted octanol–water partition coefficient (Wildman–Crippen LogP) is 2.12. The summed E-state index contributed by atoms with van der Waals surface area (Å²) in [5.74, 6) is 1.61. The predicted molar refractivity (Wildman–Crippen MR) is 74.2 cm³/mol. The fourth-order valence-electron chi connectivity index (χ4n) is 2.87. The maximum atomic E-state index is 10.1. The summed E-state index contributed by atoms with van der Waals surface area (Å²) in [6, 6.07) is 3.52. The number of aromatic hydroxyl groups is 1. The molecule has 2 aliphatic rings. The van der Waals surface area contributed by atoms with Crippen LogP contribution in [-0.4, -0.2) is 42.6 Å². The molecule has 1 atom stereocenters. The molecule has 2 heterocycles. The quantitative estimate of drug-likeness (QED) is 0.915. The number of piperidine rings is 1. The van der Waals surface area contributed by atoms with Crippen LogP contribution in [0.3, 0.4) is 0 Å². The Labute approximate surface area is 119 Å². The van der Waals surface area contributed by atoms with Gasteiger partial charge in [-0.25, -0.2) is 0 Å². The highest BCUT2D eigenvalue weighted by molar-refractivity contribution is 5.51. The Morgan fingerprint density at radius 2 is 2.15 bits per heavy atom. The fraction of sp³-hybridized carbons (Fsp3) is 0.600. The molecule has 1 aromatic carbocycles. The summed E-state index contributed by atoms with van der Waals surface area (Å²) in [7, 11) is 0. The van der Waals surface area contributed by atoms with Gasteiger partial charge in [0.2, 0.25) is 6.79 Å². The third kappa shape index (κ3) is 2.83. The first-order valence-electron chi connectivity index (χ1n) is 7.21. The molecule has 1 aromatic rings. The van der Waals surface area contributed by atoms with Gasteiger partial charge >= 0.3 is 0 Å². The highest BCUT2D eigenvalue weighted by Crippen LogP contribution is 2.38. The zero-order valence-corrected chi connectivity index (χ0v) is 11.8. The maximum Gasteiger partial charge on any atom is 0.231 e. The van der Waals surface area contributed by atoms with E-state index in [2.05, 4.69) is 4.90 Å². The summed E-state index contributed by atoms with van der Waals surface area (Å²) in [6.07, 6.45) is 2.57. The average molecular weight is 279 g/mol. The number of phenolic OH excluding ortho intramolecular Hbond substituents is 1. The fourth-order valence-corrected chi connectivity index (χ4v) is 2.87. The van der Waals surface area contributed by atoms with Crippen molar-refractivity contribution >= 4 is 0 Å². The Morgan fingerprint density at radius 1 is 1.35 bits per heavy atom. The zero-order chi connectivity index (χ0) is 13.9. The Kier molecular flexibility index (Phi) is 3.98. The lowest BCUT2D eigenvalue weighted by molar-refractivity contribution is 0.00345. The summed E-state index contributed by atoms with van der Waals surface area (Å²) < 4.78 is 16.3. The molecule has 0 radical (unpaired) electrons. The van der Waals surface area contributed by atoms with Crippen molar-refractivity contribution in [2.45, 2.75) is 32.4 Å². The van der Waals surface area contributed by atoms with Gasteiger partial charge in [0.25, 0.3) is 0 Å². The van der Waals surface area contributed by atoms with Crippen LogP contribution in [0.2, 0.25) is 0 Å². The average Bonchev–Trinajstić information content (AvgIpc) is 2.87. The molecule has 5 heteroatoms. The van der Waals surface area contributed by atoms with Crippen LogP contribution in [0.5, 0.6) is 17.2 Å². The van der Waals surface area contributed by atoms with Gasteiger partial charge in [-0.3, -0.25) is 4.90 Å². The van der Waals surface area contributed by atoms with Crippen molar-refractivity contribution in [1.29, 1.82) is 0 Å². The molecule has 0 bridgehead atoms. The highest BCUT2D eigenvalue weighted by atomic mass is 16.7. The zero-order valence-electron chi connectivity index (χ0n) is 11.8. The Hall–Kier alpha value is -1.46. The van der Waals surface area contributed by atoms with Gasteiger partial charge in [-0.15, -0.1) is 0 Å². The van der Waals surface area contributed by atoms with Gasteiger partial charge < -0.3 is 19.3 Å². The van der Waals surface area contributed by atoms with Crippen molar-refractivity contribution in [3.63, 3.8) is 0 Å². The molecule has 1 unspecified atom stereocenters. The van der Waals surface area contributed by atoms with E-state index >= 15 is 0 Å². The molecule has 20 heavy (non-hydrogen) atoms. The van der Waals surface area contributed by atoms with Crippen LogP contribution in [0, 0.1) is 0 Å². The second kappa shape index (κ2) is 5.89. The van der Waals surface area contributed by atoms with Gasteiger partial charge in [0, 0.05) is 31.3 Å². The summed E-state index contributed by atoms with van der Waals surface area (Å²) in [5.41, 5.74) is 0.881. The Morgan fingerprint density at radius 3 is 2.95 bits per heavy atom. The minimum Gasteiger partial charge on any atom is -0.507 e. The lowest BCUT2D eigenvalue weighted by Crippen LogP contribution is -2.39. The molecule has 0 spiro atoms. The van der Waals surface area contributed by atoms with Crippen LogP contribution in [0.4, 0.5) is 0 Å². The number of likely N-dealkylation sites (tertiary alicyclic amines) is 1. The normalized spacial score (nSPS) is 22.1. The van der Waals surface area contributed by atoms with Crippen molar-refractivity contribution in [2.24, 2.45) is 0 Å². The second-order valence-electron chi connectivity index (χ2n) is 5.29. The van der Waals surface area contributed by atoms with Gasteiger partial charge in [0.1, 0.15) is 5.75 Å². The van der Waals surface area contributed by atoms with Gasteiger partial charge in [-0.1, -0.05) is 0 Å². The lowest BCUT2D eigenvalue weighted by Gasteiger charge is -2.32. The molecule has 1 fully saturated rings. The van der Waals surface area contributed by atoms with Crippen molar-refractivity contribution in [3.8, 4) is 17.2 Å². The van der Waals surface area contributed by atoms with E-state index in [9.17, 15) is 5.11 Å². The van der Waals surface area contributed by atoms with Crippen molar-refractivity contribution in [1.82, 2.24) is 4.90 Å². The maximum absolute atomic E-state index is 10.1. The van der Waals surface area contributed by atoms with E-state index in [4.69, 9.17) is 14.2 Å². The van der Waals surface area contributed by atoms with E-state index in [-0.39, 0.29) is 12.5 Å². The van der Waals surface area contributed by atoms with Gasteiger partial charge in [0.05, 0.1) is 6.10 Å². The molecular formula is C15H21NO4. The SMILES string of the molecule is CCOC1CCCN(Cc2cc3c(cc2O)OCO3)C1. The van der Waals surface area contributed by atoms with E-state index in [1.165, 1.54) is 0 Å². The van der Waals surface area contributed by atoms with Crippen LogP contribution < -0.4 is 9.47 Å². The second-order valence-corrected chi connectivity index (χ2v) is 5.29. The first-order valence-corrected chi connectivity index (χ1v) is 7.21. The number of nitrogens with zero attached hydrogens (tertiary/aromatic N) is 1. The largest absolute Gasteiger partial charge is 0.507 e. The van der Waals surface area contributed by atoms with Crippen LogP contribution in [0.1, 0.15) is 25.3 Å². The topological polar surface area (TPSA) is 51.2 Å². The summed E-state index contributed by atoms with van der Waals surface area (Å²) >= 11 is 0. The number of hydrogen-bond donors (Lipinski definition) is 1. The van der Waals surface area contributed by atoms with Crippen LogP contribution in [-0.2, 0) is 11.3 Å². The number of phenols is 1.